The highest BCUT2D eigenvalue weighted by Gasteiger charge is 2.29. The summed E-state index contributed by atoms with van der Waals surface area (Å²) in [6, 6.07) is -1.66. The lowest BCUT2D eigenvalue weighted by Gasteiger charge is -2.15. The second-order valence-electron chi connectivity index (χ2n) is 4.02. The van der Waals surface area contributed by atoms with Crippen molar-refractivity contribution in [1.29, 1.82) is 0 Å². The Labute approximate surface area is 104 Å². The predicted octanol–water partition coefficient (Wildman–Crippen LogP) is -0.987. The van der Waals surface area contributed by atoms with Crippen molar-refractivity contribution in [3.63, 3.8) is 0 Å². The quantitative estimate of drug-likeness (QED) is 0.546. The van der Waals surface area contributed by atoms with Gasteiger partial charge < -0.3 is 14.9 Å². The van der Waals surface area contributed by atoms with Gasteiger partial charge in [-0.1, -0.05) is 0 Å². The summed E-state index contributed by atoms with van der Waals surface area (Å²) >= 11 is 0. The number of aliphatic carboxylic acids is 2. The molecule has 0 spiro atoms. The van der Waals surface area contributed by atoms with E-state index < -0.39 is 40.5 Å². The van der Waals surface area contributed by atoms with Crippen LogP contribution in [0.5, 0.6) is 0 Å². The van der Waals surface area contributed by atoms with Gasteiger partial charge in [-0.3, -0.25) is 9.59 Å². The molecule has 1 rings (SSSR count). The zero-order chi connectivity index (χ0) is 13.8. The molecule has 3 N–H and O–H groups in total. The van der Waals surface area contributed by atoms with Crippen LogP contribution in [-0.2, 0) is 24.3 Å². The summed E-state index contributed by atoms with van der Waals surface area (Å²) in [6.45, 7) is 0.484. The van der Waals surface area contributed by atoms with Gasteiger partial charge in [-0.15, -0.1) is 0 Å². The van der Waals surface area contributed by atoms with Gasteiger partial charge in [0, 0.05) is 6.61 Å². The fraction of sp³-hybridized carbons (Fsp3) is 0.778. The van der Waals surface area contributed by atoms with Crippen molar-refractivity contribution in [3.8, 4) is 0 Å². The van der Waals surface area contributed by atoms with E-state index in [1.165, 1.54) is 0 Å². The molecule has 8 nitrogen and oxygen atoms in total. The summed E-state index contributed by atoms with van der Waals surface area (Å²) < 4.78 is 30.3. The van der Waals surface area contributed by atoms with Crippen LogP contribution in [0.1, 0.15) is 19.3 Å². The second kappa shape index (κ2) is 6.12. The molecule has 1 heterocycles. The van der Waals surface area contributed by atoms with Crippen LogP contribution in [0.15, 0.2) is 0 Å². The highest BCUT2D eigenvalue weighted by atomic mass is 32.2. The van der Waals surface area contributed by atoms with Crippen LogP contribution >= 0.6 is 0 Å². The molecule has 2 unspecified atom stereocenters. The predicted molar refractivity (Wildman–Crippen MR) is 59.6 cm³/mol. The van der Waals surface area contributed by atoms with Crippen LogP contribution in [-0.4, -0.2) is 55.1 Å². The fourth-order valence-corrected chi connectivity index (χ4v) is 3.11. The molecule has 0 radical (unpaired) electrons. The maximum atomic E-state index is 11.6. The van der Waals surface area contributed by atoms with Crippen molar-refractivity contribution >= 4 is 22.0 Å². The van der Waals surface area contributed by atoms with Gasteiger partial charge in [-0.05, 0) is 12.8 Å². The van der Waals surface area contributed by atoms with Crippen molar-refractivity contribution in [2.45, 2.75) is 31.4 Å². The molecule has 1 saturated heterocycles. The summed E-state index contributed by atoms with van der Waals surface area (Å²) in [4.78, 5) is 21.2. The number of ether oxygens (including phenoxy) is 1. The number of hydrogen-bond acceptors (Lipinski definition) is 5. The second-order valence-corrected chi connectivity index (χ2v) is 5.82. The first-order valence-corrected chi connectivity index (χ1v) is 7.01. The van der Waals surface area contributed by atoms with Crippen molar-refractivity contribution in [2.24, 2.45) is 0 Å². The molecular formula is C9H15NO7S. The average molecular weight is 281 g/mol. The monoisotopic (exact) mass is 281 g/mol. The van der Waals surface area contributed by atoms with Crippen LogP contribution in [0, 0.1) is 0 Å². The van der Waals surface area contributed by atoms with Crippen LogP contribution in [0.3, 0.4) is 0 Å². The summed E-state index contributed by atoms with van der Waals surface area (Å²) in [7, 11) is -3.87. The third kappa shape index (κ3) is 4.98. The van der Waals surface area contributed by atoms with Crippen molar-refractivity contribution in [1.82, 2.24) is 4.72 Å². The molecule has 0 saturated carbocycles. The molecular weight excluding hydrogens is 266 g/mol. The first-order chi connectivity index (χ1) is 8.30. The molecule has 1 fully saturated rings. The van der Waals surface area contributed by atoms with E-state index in [2.05, 4.69) is 0 Å². The lowest BCUT2D eigenvalue weighted by atomic mass is 10.2. The maximum absolute atomic E-state index is 11.6. The molecule has 18 heavy (non-hydrogen) atoms. The Morgan fingerprint density at radius 1 is 1.39 bits per heavy atom. The van der Waals surface area contributed by atoms with Crippen molar-refractivity contribution in [3.05, 3.63) is 0 Å². The minimum Gasteiger partial charge on any atom is -0.481 e. The van der Waals surface area contributed by atoms with Crippen molar-refractivity contribution in [2.75, 3.05) is 12.4 Å². The van der Waals surface area contributed by atoms with E-state index in [1.54, 1.807) is 0 Å². The Morgan fingerprint density at radius 3 is 2.50 bits per heavy atom. The van der Waals surface area contributed by atoms with E-state index in [0.717, 1.165) is 6.42 Å². The minimum atomic E-state index is -3.87. The number of hydrogen-bond donors (Lipinski definition) is 3. The van der Waals surface area contributed by atoms with Gasteiger partial charge >= 0.3 is 11.9 Å². The zero-order valence-electron chi connectivity index (χ0n) is 9.53. The fourth-order valence-electron chi connectivity index (χ4n) is 1.64. The van der Waals surface area contributed by atoms with Gasteiger partial charge in [0.15, 0.2) is 0 Å². The van der Waals surface area contributed by atoms with Gasteiger partial charge in [-0.25, -0.2) is 13.1 Å². The molecule has 0 aromatic rings. The first-order valence-electron chi connectivity index (χ1n) is 5.36. The molecule has 104 valence electrons. The van der Waals surface area contributed by atoms with Crippen LogP contribution < -0.4 is 4.72 Å². The third-order valence-electron chi connectivity index (χ3n) is 2.43. The van der Waals surface area contributed by atoms with Crippen molar-refractivity contribution < 1.29 is 33.0 Å². The number of carboxylic acid groups (broad SMARTS) is 2. The molecule has 0 bridgehead atoms. The summed E-state index contributed by atoms with van der Waals surface area (Å²) in [6.07, 6.45) is 0.0942. The summed E-state index contributed by atoms with van der Waals surface area (Å²) in [5.41, 5.74) is 0. The largest absolute Gasteiger partial charge is 0.481 e. The number of sulfonamides is 1. The molecule has 0 aliphatic carbocycles. The Balaban J connectivity index is 2.60. The normalized spacial score (nSPS) is 21.7. The average Bonchev–Trinajstić information content (AvgIpc) is 2.67. The minimum absolute atomic E-state index is 0.351. The highest BCUT2D eigenvalue weighted by Crippen LogP contribution is 2.13. The number of carbonyl (C=O) groups is 2. The van der Waals surface area contributed by atoms with E-state index in [4.69, 9.17) is 14.9 Å². The molecule has 2 atom stereocenters. The molecule has 1 aliphatic rings. The molecule has 1 aliphatic heterocycles. The number of rotatable bonds is 7. The van der Waals surface area contributed by atoms with E-state index in [-0.39, 0.29) is 5.75 Å². The Bertz CT molecular complexity index is 413. The van der Waals surface area contributed by atoms with Crippen LogP contribution in [0.4, 0.5) is 0 Å². The number of nitrogens with one attached hydrogen (secondary N) is 1. The van der Waals surface area contributed by atoms with E-state index in [9.17, 15) is 18.0 Å². The molecule has 9 heteroatoms. The Morgan fingerprint density at radius 2 is 2.06 bits per heavy atom. The van der Waals surface area contributed by atoms with Gasteiger partial charge in [0.2, 0.25) is 10.0 Å². The summed E-state index contributed by atoms with van der Waals surface area (Å²) in [5.74, 6) is -3.26. The van der Waals surface area contributed by atoms with E-state index in [1.807, 2.05) is 4.72 Å². The molecule has 0 aromatic carbocycles. The van der Waals surface area contributed by atoms with Crippen LogP contribution in [0.2, 0.25) is 0 Å². The summed E-state index contributed by atoms with van der Waals surface area (Å²) in [5, 5.41) is 17.2. The zero-order valence-corrected chi connectivity index (χ0v) is 10.4. The van der Waals surface area contributed by atoms with Gasteiger partial charge in [0.1, 0.15) is 6.04 Å². The smallest absolute Gasteiger partial charge is 0.322 e. The van der Waals surface area contributed by atoms with E-state index in [0.29, 0.717) is 13.0 Å². The SMILES string of the molecule is O=C(O)CC(NS(=O)(=O)CC1CCCO1)C(=O)O. The molecule has 0 amide bonds. The van der Waals surface area contributed by atoms with Crippen LogP contribution in [0.25, 0.3) is 0 Å². The third-order valence-corrected chi connectivity index (χ3v) is 3.88. The highest BCUT2D eigenvalue weighted by molar-refractivity contribution is 7.89. The van der Waals surface area contributed by atoms with Gasteiger partial charge in [0.05, 0.1) is 18.3 Å². The lowest BCUT2D eigenvalue weighted by Crippen LogP contribution is -2.44. The Hall–Kier alpha value is -1.19. The standard InChI is InChI=1S/C9H15NO7S/c11-8(12)4-7(9(13)14)10-18(15,16)5-6-2-1-3-17-6/h6-7,10H,1-5H2,(H,11,12)(H,13,14). The topological polar surface area (TPSA) is 130 Å². The van der Waals surface area contributed by atoms with E-state index >= 15 is 0 Å². The van der Waals surface area contributed by atoms with Gasteiger partial charge in [-0.2, -0.15) is 0 Å². The van der Waals surface area contributed by atoms with Gasteiger partial charge in [0.25, 0.3) is 0 Å². The Kier molecular flexibility index (Phi) is 5.05. The molecule has 0 aromatic heterocycles. The maximum Gasteiger partial charge on any atom is 0.322 e. The lowest BCUT2D eigenvalue weighted by molar-refractivity contribution is -0.145. The first kappa shape index (κ1) is 14.9. The number of carboxylic acids is 2.